The third kappa shape index (κ3) is 4.54. The molecule has 0 bridgehead atoms. The second-order valence-corrected chi connectivity index (χ2v) is 7.70. The maximum absolute atomic E-state index is 10.6. The summed E-state index contributed by atoms with van der Waals surface area (Å²) in [5, 5.41) is 29.8. The molecule has 32 heavy (non-hydrogen) atoms. The van der Waals surface area contributed by atoms with Gasteiger partial charge in [0.15, 0.2) is 0 Å². The molecule has 0 heterocycles. The molecule has 3 aromatic carbocycles. The van der Waals surface area contributed by atoms with Gasteiger partial charge >= 0.3 is 0 Å². The summed E-state index contributed by atoms with van der Waals surface area (Å²) >= 11 is 0. The molecule has 0 saturated carbocycles. The van der Waals surface area contributed by atoms with Crippen LogP contribution in [0.5, 0.6) is 23.0 Å². The van der Waals surface area contributed by atoms with Crippen LogP contribution in [0.3, 0.4) is 0 Å². The Hall–Kier alpha value is -3.93. The van der Waals surface area contributed by atoms with Crippen molar-refractivity contribution in [1.82, 2.24) is 0 Å². The number of nitrogens with one attached hydrogen (secondary N) is 1. The summed E-state index contributed by atoms with van der Waals surface area (Å²) in [6, 6.07) is 17.4. The minimum Gasteiger partial charge on any atom is -0.508 e. The quantitative estimate of drug-likeness (QED) is 0.306. The molecule has 3 aromatic rings. The lowest BCUT2D eigenvalue weighted by Gasteiger charge is -2.18. The molecule has 0 amide bonds. The van der Waals surface area contributed by atoms with Crippen LogP contribution >= 0.6 is 0 Å². The van der Waals surface area contributed by atoms with Gasteiger partial charge in [0.05, 0.1) is 19.9 Å². The summed E-state index contributed by atoms with van der Waals surface area (Å²) in [7, 11) is 3.17. The number of phenolic OH excluding ortho intramolecular Hbond substituents is 2. The fraction of sp³-hybridized carbons (Fsp3) is 0.192. The first kappa shape index (κ1) is 22.7. The monoisotopic (exact) mass is 432 g/mol. The van der Waals surface area contributed by atoms with Crippen LogP contribution in [0.1, 0.15) is 42.0 Å². The molecular weight excluding hydrogens is 404 g/mol. The largest absolute Gasteiger partial charge is 0.508 e. The topological polar surface area (TPSA) is 109 Å². The summed E-state index contributed by atoms with van der Waals surface area (Å²) in [6.07, 6.45) is 0. The number of phenols is 2. The second-order valence-electron chi connectivity index (χ2n) is 7.70. The van der Waals surface area contributed by atoms with Crippen molar-refractivity contribution in [3.05, 3.63) is 82.9 Å². The van der Waals surface area contributed by atoms with Crippen molar-refractivity contribution in [3.8, 4) is 23.0 Å². The van der Waals surface area contributed by atoms with E-state index in [0.717, 1.165) is 0 Å². The third-order valence-electron chi connectivity index (χ3n) is 5.34. The van der Waals surface area contributed by atoms with Gasteiger partial charge in [-0.15, -0.1) is 0 Å². The van der Waals surface area contributed by atoms with E-state index in [-0.39, 0.29) is 28.7 Å². The third-order valence-corrected chi connectivity index (χ3v) is 5.34. The van der Waals surface area contributed by atoms with Crippen LogP contribution in [0.4, 0.5) is 0 Å². The van der Waals surface area contributed by atoms with Crippen LogP contribution in [-0.4, -0.2) is 30.1 Å². The lowest BCUT2D eigenvalue weighted by molar-refractivity contribution is 0.414. The van der Waals surface area contributed by atoms with Crippen molar-refractivity contribution in [1.29, 1.82) is 5.41 Å². The fourth-order valence-electron chi connectivity index (χ4n) is 3.50. The highest BCUT2D eigenvalue weighted by Gasteiger charge is 2.21. The van der Waals surface area contributed by atoms with Crippen LogP contribution in [0.2, 0.25) is 0 Å². The van der Waals surface area contributed by atoms with Gasteiger partial charge in [0.1, 0.15) is 23.0 Å². The molecule has 0 unspecified atom stereocenters. The van der Waals surface area contributed by atoms with Crippen molar-refractivity contribution in [2.24, 2.45) is 5.73 Å². The minimum absolute atomic E-state index is 0.00727. The first-order chi connectivity index (χ1) is 15.3. The Morgan fingerprint density at radius 1 is 0.812 bits per heavy atom. The van der Waals surface area contributed by atoms with Gasteiger partial charge in [-0.2, -0.15) is 0 Å². The van der Waals surface area contributed by atoms with Gasteiger partial charge in [0.2, 0.25) is 0 Å². The van der Waals surface area contributed by atoms with Crippen LogP contribution in [0.15, 0.2) is 60.7 Å². The molecule has 0 aromatic heterocycles. The number of ether oxygens (including phenoxy) is 2. The SMILES string of the molecule is COc1ccc(/C(N)=C(/C(=N)c2cc(C(C)C)c(O)cc2O)c2ccc(OC)cc2)cc1. The van der Waals surface area contributed by atoms with E-state index < -0.39 is 0 Å². The second kappa shape index (κ2) is 9.47. The first-order valence-corrected chi connectivity index (χ1v) is 10.2. The number of nitrogens with two attached hydrogens (primary N) is 1. The molecular formula is C26H28N2O4. The molecule has 0 aliphatic rings. The normalized spacial score (nSPS) is 11.8. The highest BCUT2D eigenvalue weighted by molar-refractivity contribution is 6.36. The standard InChI is InChI=1S/C26H28N2O4/c1-15(2)20-13-21(23(30)14-22(20)29)26(28)24(16-5-9-18(31-3)10-6-16)25(27)17-7-11-19(32-4)12-8-17/h5-15,28-30H,27H2,1-4H3/b25-24-,28-26?. The lowest BCUT2D eigenvalue weighted by atomic mass is 9.89. The molecule has 6 nitrogen and oxygen atoms in total. The van der Waals surface area contributed by atoms with E-state index in [9.17, 15) is 10.2 Å². The Kier molecular flexibility index (Phi) is 6.73. The summed E-state index contributed by atoms with van der Waals surface area (Å²) in [4.78, 5) is 0. The number of rotatable bonds is 7. The molecule has 0 aliphatic heterocycles. The van der Waals surface area contributed by atoms with E-state index in [1.54, 1.807) is 44.6 Å². The van der Waals surface area contributed by atoms with Gasteiger partial charge < -0.3 is 25.4 Å². The van der Waals surface area contributed by atoms with Gasteiger partial charge in [-0.1, -0.05) is 26.0 Å². The molecule has 166 valence electrons. The van der Waals surface area contributed by atoms with Crippen LogP contribution in [0, 0.1) is 5.41 Å². The van der Waals surface area contributed by atoms with Gasteiger partial charge in [0, 0.05) is 22.9 Å². The van der Waals surface area contributed by atoms with Gasteiger partial charge in [-0.3, -0.25) is 5.41 Å². The Bertz CT molecular complexity index is 1150. The Morgan fingerprint density at radius 2 is 1.31 bits per heavy atom. The number of benzene rings is 3. The van der Waals surface area contributed by atoms with Crippen molar-refractivity contribution < 1.29 is 19.7 Å². The minimum atomic E-state index is -0.189. The van der Waals surface area contributed by atoms with Crippen LogP contribution < -0.4 is 15.2 Å². The van der Waals surface area contributed by atoms with E-state index in [4.69, 9.17) is 20.6 Å². The van der Waals surface area contributed by atoms with Crippen molar-refractivity contribution in [2.45, 2.75) is 19.8 Å². The zero-order valence-electron chi connectivity index (χ0n) is 18.6. The maximum Gasteiger partial charge on any atom is 0.128 e. The molecule has 0 saturated heterocycles. The number of hydrogen-bond acceptors (Lipinski definition) is 6. The van der Waals surface area contributed by atoms with E-state index >= 15 is 0 Å². The van der Waals surface area contributed by atoms with Gasteiger partial charge in [-0.25, -0.2) is 0 Å². The summed E-state index contributed by atoms with van der Waals surface area (Å²) < 4.78 is 10.5. The Morgan fingerprint density at radius 3 is 1.78 bits per heavy atom. The number of methoxy groups -OCH3 is 2. The molecule has 0 radical (unpaired) electrons. The van der Waals surface area contributed by atoms with Crippen LogP contribution in [-0.2, 0) is 0 Å². The van der Waals surface area contributed by atoms with Gasteiger partial charge in [-0.05, 0) is 65.1 Å². The Labute approximate surface area is 188 Å². The summed E-state index contributed by atoms with van der Waals surface area (Å²) in [6.45, 7) is 3.87. The molecule has 0 atom stereocenters. The molecule has 6 heteroatoms. The number of allylic oxidation sites excluding steroid dienone is 1. The fourth-order valence-corrected chi connectivity index (χ4v) is 3.50. The highest BCUT2D eigenvalue weighted by Crippen LogP contribution is 2.36. The van der Waals surface area contributed by atoms with Crippen LogP contribution in [0.25, 0.3) is 11.3 Å². The summed E-state index contributed by atoms with van der Waals surface area (Å²) in [5.41, 5.74) is 9.79. The predicted octanol–water partition coefficient (Wildman–Crippen LogP) is 5.13. The van der Waals surface area contributed by atoms with E-state index in [1.165, 1.54) is 6.07 Å². The van der Waals surface area contributed by atoms with Crippen molar-refractivity contribution in [2.75, 3.05) is 14.2 Å². The first-order valence-electron chi connectivity index (χ1n) is 10.2. The Balaban J connectivity index is 2.22. The average Bonchev–Trinajstić information content (AvgIpc) is 2.79. The molecule has 0 aliphatic carbocycles. The lowest BCUT2D eigenvalue weighted by Crippen LogP contribution is -2.11. The molecule has 0 fully saturated rings. The van der Waals surface area contributed by atoms with E-state index in [0.29, 0.717) is 39.5 Å². The zero-order chi connectivity index (χ0) is 23.4. The maximum atomic E-state index is 10.6. The van der Waals surface area contributed by atoms with Crippen molar-refractivity contribution in [3.63, 3.8) is 0 Å². The summed E-state index contributed by atoms with van der Waals surface area (Å²) in [5.74, 6) is 1.18. The molecule has 5 N–H and O–H groups in total. The highest BCUT2D eigenvalue weighted by atomic mass is 16.5. The number of aromatic hydroxyl groups is 2. The number of hydrogen-bond donors (Lipinski definition) is 4. The average molecular weight is 433 g/mol. The molecule has 3 rings (SSSR count). The smallest absolute Gasteiger partial charge is 0.128 e. The van der Waals surface area contributed by atoms with E-state index in [1.807, 2.05) is 38.1 Å². The predicted molar refractivity (Wildman–Crippen MR) is 128 cm³/mol. The van der Waals surface area contributed by atoms with Crippen molar-refractivity contribution >= 4 is 17.0 Å². The zero-order valence-corrected chi connectivity index (χ0v) is 18.6. The van der Waals surface area contributed by atoms with Gasteiger partial charge in [0.25, 0.3) is 0 Å². The molecule has 0 spiro atoms. The van der Waals surface area contributed by atoms with E-state index in [2.05, 4.69) is 0 Å².